The first-order valence-corrected chi connectivity index (χ1v) is 13.0. The fraction of sp³-hybridized carbons (Fsp3) is 0.385. The van der Waals surface area contributed by atoms with E-state index in [1.54, 1.807) is 11.8 Å². The average Bonchev–Trinajstić information content (AvgIpc) is 3.31. The molecule has 0 spiro atoms. The van der Waals surface area contributed by atoms with Crippen LogP contribution in [0.3, 0.4) is 0 Å². The summed E-state index contributed by atoms with van der Waals surface area (Å²) in [6, 6.07) is 8.35. The molecular formula is C26H33N5O3S2. The number of methoxy groups -OCH3 is 1. The molecule has 0 aliphatic heterocycles. The minimum atomic E-state index is -0.522. The van der Waals surface area contributed by atoms with Crippen molar-refractivity contribution in [3.8, 4) is 0 Å². The number of aryl methyl sites for hydroxylation is 2. The van der Waals surface area contributed by atoms with Crippen LogP contribution in [0, 0.1) is 27.7 Å². The lowest BCUT2D eigenvalue weighted by Crippen LogP contribution is -2.30. The number of aromatic nitrogens is 2. The third-order valence-corrected chi connectivity index (χ3v) is 7.48. The normalized spacial score (nSPS) is 10.8. The van der Waals surface area contributed by atoms with Crippen molar-refractivity contribution in [2.24, 2.45) is 0 Å². The van der Waals surface area contributed by atoms with Crippen LogP contribution in [0.25, 0.3) is 0 Å². The van der Waals surface area contributed by atoms with Crippen LogP contribution < -0.4 is 10.6 Å². The molecule has 0 saturated heterocycles. The first kappa shape index (κ1) is 27.3. The van der Waals surface area contributed by atoms with E-state index in [0.717, 1.165) is 22.6 Å². The Bertz CT molecular complexity index is 1270. The molecule has 36 heavy (non-hydrogen) atoms. The Kier molecular flexibility index (Phi) is 8.86. The quantitative estimate of drug-likeness (QED) is 0.303. The van der Waals surface area contributed by atoms with E-state index >= 15 is 0 Å². The molecule has 3 rings (SSSR count). The maximum atomic E-state index is 13.0. The Hall–Kier alpha value is -3.24. The molecule has 192 valence electrons. The second-order valence-electron chi connectivity index (χ2n) is 8.50. The van der Waals surface area contributed by atoms with Gasteiger partial charge in [0, 0.05) is 13.1 Å². The lowest BCUT2D eigenvalue weighted by molar-refractivity contribution is 0.0601. The van der Waals surface area contributed by atoms with Gasteiger partial charge in [0.15, 0.2) is 5.11 Å². The lowest BCUT2D eigenvalue weighted by atomic mass is 10.1. The summed E-state index contributed by atoms with van der Waals surface area (Å²) in [4.78, 5) is 27.8. The molecule has 2 heterocycles. The Labute approximate surface area is 221 Å². The van der Waals surface area contributed by atoms with Crippen LogP contribution in [0.1, 0.15) is 62.0 Å². The largest absolute Gasteiger partial charge is 0.465 e. The summed E-state index contributed by atoms with van der Waals surface area (Å²) >= 11 is 6.79. The van der Waals surface area contributed by atoms with Crippen molar-refractivity contribution < 1.29 is 14.3 Å². The van der Waals surface area contributed by atoms with Crippen molar-refractivity contribution in [3.63, 3.8) is 0 Å². The Balaban J connectivity index is 1.85. The van der Waals surface area contributed by atoms with Gasteiger partial charge in [-0.15, -0.1) is 11.3 Å². The van der Waals surface area contributed by atoms with Crippen molar-refractivity contribution in [2.75, 3.05) is 30.8 Å². The summed E-state index contributed by atoms with van der Waals surface area (Å²) < 4.78 is 6.93. The van der Waals surface area contributed by atoms with Gasteiger partial charge in [0.2, 0.25) is 0 Å². The molecule has 0 aliphatic carbocycles. The fourth-order valence-corrected chi connectivity index (χ4v) is 5.39. The predicted molar refractivity (Wildman–Crippen MR) is 149 cm³/mol. The summed E-state index contributed by atoms with van der Waals surface area (Å²) in [6.07, 6.45) is 0. The highest BCUT2D eigenvalue weighted by molar-refractivity contribution is 7.80. The van der Waals surface area contributed by atoms with Gasteiger partial charge in [-0.25, -0.2) is 4.79 Å². The monoisotopic (exact) mass is 527 g/mol. The average molecular weight is 528 g/mol. The van der Waals surface area contributed by atoms with Crippen LogP contribution in [-0.2, 0) is 11.3 Å². The minimum absolute atomic E-state index is 0.122. The Morgan fingerprint density at radius 3 is 2.31 bits per heavy atom. The maximum Gasteiger partial charge on any atom is 0.341 e. The van der Waals surface area contributed by atoms with Crippen LogP contribution in [0.4, 0.5) is 10.7 Å². The molecular weight excluding hydrogens is 494 g/mol. The Morgan fingerprint density at radius 2 is 1.72 bits per heavy atom. The number of carbonyl (C=O) groups excluding carboxylic acids is 2. The summed E-state index contributed by atoms with van der Waals surface area (Å²) in [5.41, 5.74) is 5.79. The standard InChI is InChI=1S/C26H33N5O3S2/c1-8-30(9-2)24(32)22-16(4)20(25(33)34-7)23(36-22)28-26(35)27-21-17(5)29-31(18(21)6)14-19-12-10-15(3)11-13-19/h10-13H,8-9,14H2,1-7H3,(H2,27,28,35). The third kappa shape index (κ3) is 5.76. The smallest absolute Gasteiger partial charge is 0.341 e. The number of carbonyl (C=O) groups is 2. The van der Waals surface area contributed by atoms with Crippen LogP contribution in [-0.4, -0.2) is 51.9 Å². The molecule has 1 aromatic carbocycles. The molecule has 0 aliphatic rings. The van der Waals surface area contributed by atoms with Crippen LogP contribution >= 0.6 is 23.6 Å². The van der Waals surface area contributed by atoms with E-state index in [9.17, 15) is 9.59 Å². The lowest BCUT2D eigenvalue weighted by Gasteiger charge is -2.18. The van der Waals surface area contributed by atoms with Crippen LogP contribution in [0.5, 0.6) is 0 Å². The highest BCUT2D eigenvalue weighted by Gasteiger charge is 2.28. The zero-order valence-corrected chi connectivity index (χ0v) is 23.4. The summed E-state index contributed by atoms with van der Waals surface area (Å²) in [7, 11) is 1.32. The summed E-state index contributed by atoms with van der Waals surface area (Å²) in [6.45, 7) is 13.4. The van der Waals surface area contributed by atoms with E-state index in [-0.39, 0.29) is 5.91 Å². The fourth-order valence-electron chi connectivity index (χ4n) is 3.95. The molecule has 1 amide bonds. The van der Waals surface area contributed by atoms with Crippen molar-refractivity contribution in [2.45, 2.75) is 48.1 Å². The summed E-state index contributed by atoms with van der Waals surface area (Å²) in [5.74, 6) is -0.644. The molecule has 0 radical (unpaired) electrons. The number of thiocarbonyl (C=S) groups is 1. The van der Waals surface area contributed by atoms with Gasteiger partial charge in [0.25, 0.3) is 5.91 Å². The van der Waals surface area contributed by atoms with Gasteiger partial charge in [-0.05, 0) is 64.9 Å². The first-order chi connectivity index (χ1) is 17.1. The molecule has 10 heteroatoms. The number of nitrogens with zero attached hydrogens (tertiary/aromatic N) is 3. The topological polar surface area (TPSA) is 88.5 Å². The van der Waals surface area contributed by atoms with Crippen molar-refractivity contribution in [1.29, 1.82) is 0 Å². The number of ether oxygens (including phenoxy) is 1. The van der Waals surface area contributed by atoms with Crippen molar-refractivity contribution in [1.82, 2.24) is 14.7 Å². The van der Waals surface area contributed by atoms with E-state index < -0.39 is 5.97 Å². The second kappa shape index (κ2) is 11.7. The molecule has 0 bridgehead atoms. The molecule has 0 fully saturated rings. The number of esters is 1. The van der Waals surface area contributed by atoms with Gasteiger partial charge in [0.05, 0.1) is 41.2 Å². The third-order valence-electron chi connectivity index (χ3n) is 6.08. The van der Waals surface area contributed by atoms with E-state index in [0.29, 0.717) is 45.8 Å². The zero-order chi connectivity index (χ0) is 26.6. The number of thiophene rings is 1. The van der Waals surface area contributed by atoms with Crippen molar-refractivity contribution in [3.05, 3.63) is 62.8 Å². The van der Waals surface area contributed by atoms with Gasteiger partial charge in [-0.3, -0.25) is 9.48 Å². The number of rotatable bonds is 8. The van der Waals surface area contributed by atoms with Gasteiger partial charge in [0.1, 0.15) is 5.00 Å². The molecule has 2 N–H and O–H groups in total. The Morgan fingerprint density at radius 1 is 1.08 bits per heavy atom. The number of amides is 1. The van der Waals surface area contributed by atoms with E-state index in [1.165, 1.54) is 24.0 Å². The number of hydrogen-bond donors (Lipinski definition) is 2. The number of hydrogen-bond acceptors (Lipinski definition) is 6. The highest BCUT2D eigenvalue weighted by Crippen LogP contribution is 2.35. The van der Waals surface area contributed by atoms with E-state index in [4.69, 9.17) is 17.0 Å². The first-order valence-electron chi connectivity index (χ1n) is 11.8. The molecule has 0 unspecified atom stereocenters. The predicted octanol–water partition coefficient (Wildman–Crippen LogP) is 5.30. The van der Waals surface area contributed by atoms with E-state index in [1.807, 2.05) is 32.4 Å². The van der Waals surface area contributed by atoms with E-state index in [2.05, 4.69) is 46.9 Å². The second-order valence-corrected chi connectivity index (χ2v) is 9.93. The maximum absolute atomic E-state index is 13.0. The van der Waals surface area contributed by atoms with Gasteiger partial charge in [-0.2, -0.15) is 5.10 Å². The summed E-state index contributed by atoms with van der Waals surface area (Å²) in [5, 5.41) is 11.8. The number of nitrogens with one attached hydrogen (secondary N) is 2. The van der Waals surface area contributed by atoms with Gasteiger partial charge < -0.3 is 20.3 Å². The SMILES string of the molecule is CCN(CC)C(=O)c1sc(NC(=S)Nc2c(C)nn(Cc3ccc(C)cc3)c2C)c(C(=O)OC)c1C. The molecule has 0 atom stereocenters. The van der Waals surface area contributed by atoms with Crippen LogP contribution in [0.2, 0.25) is 0 Å². The zero-order valence-electron chi connectivity index (χ0n) is 21.8. The number of benzene rings is 1. The molecule has 2 aromatic heterocycles. The molecule has 8 nitrogen and oxygen atoms in total. The number of anilines is 2. The molecule has 3 aromatic rings. The highest BCUT2D eigenvalue weighted by atomic mass is 32.1. The van der Waals surface area contributed by atoms with Gasteiger partial charge in [-0.1, -0.05) is 29.8 Å². The van der Waals surface area contributed by atoms with Crippen molar-refractivity contribution >= 4 is 51.2 Å². The van der Waals surface area contributed by atoms with Crippen LogP contribution in [0.15, 0.2) is 24.3 Å². The molecule has 0 saturated carbocycles. The minimum Gasteiger partial charge on any atom is -0.465 e. The van der Waals surface area contributed by atoms with Gasteiger partial charge >= 0.3 is 5.97 Å².